The van der Waals surface area contributed by atoms with Gasteiger partial charge in [0.1, 0.15) is 12.4 Å². The summed E-state index contributed by atoms with van der Waals surface area (Å²) in [4.78, 5) is 13.4. The maximum Gasteiger partial charge on any atom is 0.271 e. The van der Waals surface area contributed by atoms with E-state index in [2.05, 4.69) is 17.1 Å². The van der Waals surface area contributed by atoms with Crippen molar-refractivity contribution in [3.05, 3.63) is 107 Å². The van der Waals surface area contributed by atoms with Crippen molar-refractivity contribution in [3.8, 4) is 5.75 Å². The zero-order valence-corrected chi connectivity index (χ0v) is 17.8. The molecule has 3 rings (SSSR count). The van der Waals surface area contributed by atoms with Crippen LogP contribution < -0.4 is 10.2 Å². The summed E-state index contributed by atoms with van der Waals surface area (Å²) < 4.78 is 5.43. The number of ether oxygens (including phenoxy) is 1. The Morgan fingerprint density at radius 3 is 2.40 bits per heavy atom. The molecular weight excluding hydrogens is 416 g/mol. The van der Waals surface area contributed by atoms with E-state index in [-0.39, 0.29) is 5.91 Å². The first-order valence-corrected chi connectivity index (χ1v) is 10.6. The fourth-order valence-electron chi connectivity index (χ4n) is 2.49. The van der Waals surface area contributed by atoms with E-state index in [0.29, 0.717) is 12.2 Å². The van der Waals surface area contributed by atoms with E-state index in [1.165, 1.54) is 0 Å². The van der Waals surface area contributed by atoms with E-state index in [1.807, 2.05) is 60.7 Å². The molecule has 0 heterocycles. The van der Waals surface area contributed by atoms with Crippen molar-refractivity contribution in [1.29, 1.82) is 0 Å². The first kappa shape index (κ1) is 21.7. The molecular formula is C24H21ClN2O2S. The average Bonchev–Trinajstić information content (AvgIpc) is 2.78. The maximum atomic E-state index is 12.3. The van der Waals surface area contributed by atoms with Gasteiger partial charge in [0.2, 0.25) is 0 Å². The van der Waals surface area contributed by atoms with Crippen molar-refractivity contribution < 1.29 is 9.53 Å². The highest BCUT2D eigenvalue weighted by atomic mass is 35.5. The molecule has 3 aromatic rings. The summed E-state index contributed by atoms with van der Waals surface area (Å²) in [5, 5.41) is 4.75. The molecule has 1 amide bonds. The van der Waals surface area contributed by atoms with Gasteiger partial charge in [-0.15, -0.1) is 11.8 Å². The number of amides is 1. The summed E-state index contributed by atoms with van der Waals surface area (Å²) in [5.74, 6) is 1.31. The van der Waals surface area contributed by atoms with Crippen LogP contribution in [0.25, 0.3) is 0 Å². The van der Waals surface area contributed by atoms with Crippen molar-refractivity contribution in [2.75, 3.05) is 6.61 Å². The van der Waals surface area contributed by atoms with Gasteiger partial charge in [-0.2, -0.15) is 5.10 Å². The van der Waals surface area contributed by atoms with Gasteiger partial charge in [-0.3, -0.25) is 4.79 Å². The molecule has 0 saturated carbocycles. The van der Waals surface area contributed by atoms with Gasteiger partial charge in [-0.05, 0) is 71.8 Å². The predicted octanol–water partition coefficient (Wildman–Crippen LogP) is 5.96. The Morgan fingerprint density at radius 1 is 1.03 bits per heavy atom. The maximum absolute atomic E-state index is 12.3. The number of thioether (sulfide) groups is 1. The molecule has 0 bridgehead atoms. The Bertz CT molecular complexity index is 1000. The molecule has 1 N–H and O–H groups in total. The highest BCUT2D eigenvalue weighted by Gasteiger charge is 2.04. The average molecular weight is 437 g/mol. The smallest absolute Gasteiger partial charge is 0.271 e. The van der Waals surface area contributed by atoms with Gasteiger partial charge in [0.25, 0.3) is 5.91 Å². The van der Waals surface area contributed by atoms with E-state index >= 15 is 0 Å². The van der Waals surface area contributed by atoms with Gasteiger partial charge >= 0.3 is 0 Å². The third-order valence-electron chi connectivity index (χ3n) is 4.06. The molecule has 152 valence electrons. The molecule has 4 nitrogen and oxygen atoms in total. The minimum Gasteiger partial charge on any atom is -0.490 e. The van der Waals surface area contributed by atoms with Crippen molar-refractivity contribution in [2.24, 2.45) is 5.10 Å². The van der Waals surface area contributed by atoms with Crippen LogP contribution in [0, 0.1) is 0 Å². The minimum atomic E-state index is -0.255. The molecule has 0 unspecified atom stereocenters. The molecule has 30 heavy (non-hydrogen) atoms. The SMILES string of the molecule is C=CCOc1ccc(/C=N\NC(=O)c2ccc(CSc3ccc(Cl)cc3)cc2)cc1. The van der Waals surface area contributed by atoms with Crippen LogP contribution >= 0.6 is 23.4 Å². The normalized spacial score (nSPS) is 10.7. The van der Waals surface area contributed by atoms with E-state index in [4.69, 9.17) is 16.3 Å². The van der Waals surface area contributed by atoms with Gasteiger partial charge in [-0.1, -0.05) is 36.4 Å². The fraction of sp³-hybridized carbons (Fsp3) is 0.0833. The van der Waals surface area contributed by atoms with E-state index in [1.54, 1.807) is 36.2 Å². The number of benzene rings is 3. The second-order valence-electron chi connectivity index (χ2n) is 6.31. The van der Waals surface area contributed by atoms with Crippen LogP contribution in [0.15, 0.2) is 95.4 Å². The lowest BCUT2D eigenvalue weighted by molar-refractivity contribution is 0.0955. The van der Waals surface area contributed by atoms with Gasteiger partial charge in [-0.25, -0.2) is 5.43 Å². The number of nitrogens with one attached hydrogen (secondary N) is 1. The van der Waals surface area contributed by atoms with Crippen LogP contribution in [0.4, 0.5) is 0 Å². The molecule has 0 aliphatic carbocycles. The third-order valence-corrected chi connectivity index (χ3v) is 5.40. The number of hydrogen-bond donors (Lipinski definition) is 1. The summed E-state index contributed by atoms with van der Waals surface area (Å²) >= 11 is 7.62. The number of hydrazone groups is 1. The number of hydrogen-bond acceptors (Lipinski definition) is 4. The Kier molecular flexibility index (Phi) is 8.12. The number of rotatable bonds is 9. The first-order valence-electron chi connectivity index (χ1n) is 9.28. The number of nitrogens with zero attached hydrogens (tertiary/aromatic N) is 1. The Balaban J connectivity index is 1.48. The largest absolute Gasteiger partial charge is 0.490 e. The molecule has 0 fully saturated rings. The zero-order valence-electron chi connectivity index (χ0n) is 16.3. The molecule has 0 saturated heterocycles. The topological polar surface area (TPSA) is 50.7 Å². The van der Waals surface area contributed by atoms with Crippen LogP contribution in [-0.4, -0.2) is 18.7 Å². The van der Waals surface area contributed by atoms with E-state index < -0.39 is 0 Å². The van der Waals surface area contributed by atoms with Gasteiger partial charge in [0, 0.05) is 21.2 Å². The quantitative estimate of drug-likeness (QED) is 0.195. The number of carbonyl (C=O) groups is 1. The van der Waals surface area contributed by atoms with E-state index in [9.17, 15) is 4.79 Å². The lowest BCUT2D eigenvalue weighted by Gasteiger charge is -2.04. The Morgan fingerprint density at radius 2 is 1.73 bits per heavy atom. The van der Waals surface area contributed by atoms with Gasteiger partial charge in [0.15, 0.2) is 0 Å². The van der Waals surface area contributed by atoms with Gasteiger partial charge in [0.05, 0.1) is 6.21 Å². The Labute approximate surface area is 185 Å². The van der Waals surface area contributed by atoms with Gasteiger partial charge < -0.3 is 4.74 Å². The summed E-state index contributed by atoms with van der Waals surface area (Å²) in [7, 11) is 0. The molecule has 6 heteroatoms. The highest BCUT2D eigenvalue weighted by molar-refractivity contribution is 7.98. The van der Waals surface area contributed by atoms with Crippen LogP contribution in [0.1, 0.15) is 21.5 Å². The Hall–Kier alpha value is -3.02. The molecule has 0 radical (unpaired) electrons. The molecule has 0 atom stereocenters. The lowest BCUT2D eigenvalue weighted by Crippen LogP contribution is -2.17. The van der Waals surface area contributed by atoms with Crippen LogP contribution in [0.2, 0.25) is 5.02 Å². The molecule has 0 aliphatic heterocycles. The summed E-state index contributed by atoms with van der Waals surface area (Å²) in [6.07, 6.45) is 3.28. The molecule has 3 aromatic carbocycles. The second-order valence-corrected chi connectivity index (χ2v) is 7.79. The van der Waals surface area contributed by atoms with Crippen molar-refractivity contribution in [2.45, 2.75) is 10.6 Å². The van der Waals surface area contributed by atoms with Crippen LogP contribution in [0.3, 0.4) is 0 Å². The third kappa shape index (κ3) is 6.79. The summed E-state index contributed by atoms with van der Waals surface area (Å²) in [6.45, 7) is 4.07. The van der Waals surface area contributed by atoms with E-state index in [0.717, 1.165) is 32.5 Å². The monoisotopic (exact) mass is 436 g/mol. The molecule has 0 spiro atoms. The van der Waals surface area contributed by atoms with Crippen molar-refractivity contribution in [3.63, 3.8) is 0 Å². The highest BCUT2D eigenvalue weighted by Crippen LogP contribution is 2.24. The first-order chi connectivity index (χ1) is 14.6. The number of carbonyl (C=O) groups excluding carboxylic acids is 1. The summed E-state index contributed by atoms with van der Waals surface area (Å²) in [6, 6.07) is 22.6. The lowest BCUT2D eigenvalue weighted by atomic mass is 10.1. The van der Waals surface area contributed by atoms with Crippen molar-refractivity contribution in [1.82, 2.24) is 5.43 Å². The molecule has 0 aromatic heterocycles. The molecule has 0 aliphatic rings. The fourth-order valence-corrected chi connectivity index (χ4v) is 3.47. The minimum absolute atomic E-state index is 0.255. The zero-order chi connectivity index (χ0) is 21.2. The van der Waals surface area contributed by atoms with Crippen LogP contribution in [0.5, 0.6) is 5.75 Å². The van der Waals surface area contributed by atoms with Crippen LogP contribution in [-0.2, 0) is 5.75 Å². The number of halogens is 1. The standard InChI is InChI=1S/C24H21ClN2O2S/c1-2-15-29-22-11-5-18(6-12-22)16-26-27-24(28)20-7-3-19(4-8-20)17-30-23-13-9-21(25)10-14-23/h2-14,16H,1,15,17H2,(H,27,28)/b26-16-. The second kappa shape index (κ2) is 11.2. The summed E-state index contributed by atoms with van der Waals surface area (Å²) in [5.41, 5.74) is 5.09. The van der Waals surface area contributed by atoms with Crippen molar-refractivity contribution >= 4 is 35.5 Å². The predicted molar refractivity (Wildman–Crippen MR) is 125 cm³/mol.